The van der Waals surface area contributed by atoms with Crippen LogP contribution in [0.2, 0.25) is 0 Å². The normalized spacial score (nSPS) is 11.7. The zero-order valence-corrected chi connectivity index (χ0v) is 7.44. The Morgan fingerprint density at radius 1 is 1.67 bits per heavy atom. The summed E-state index contributed by atoms with van der Waals surface area (Å²) in [5.41, 5.74) is 0. The standard InChI is InChI=1S/C6H12BrNO/c1-6(9-2)8-5-3-4-7/h3-5H2,1-2H3. The van der Waals surface area contributed by atoms with Crippen LogP contribution in [0.5, 0.6) is 0 Å². The molecule has 0 aliphatic carbocycles. The highest BCUT2D eigenvalue weighted by atomic mass is 79.9. The van der Waals surface area contributed by atoms with Gasteiger partial charge in [-0.15, -0.1) is 0 Å². The molecular formula is C6H12BrNO. The molecule has 9 heavy (non-hydrogen) atoms. The lowest BCUT2D eigenvalue weighted by Gasteiger charge is -1.95. The van der Waals surface area contributed by atoms with Gasteiger partial charge in [-0.1, -0.05) is 15.9 Å². The second kappa shape index (κ2) is 6.08. The van der Waals surface area contributed by atoms with Gasteiger partial charge in [0.25, 0.3) is 0 Å². The van der Waals surface area contributed by atoms with Crippen LogP contribution in [-0.4, -0.2) is 24.9 Å². The summed E-state index contributed by atoms with van der Waals surface area (Å²) in [6.45, 7) is 2.71. The maximum absolute atomic E-state index is 4.83. The van der Waals surface area contributed by atoms with Crippen molar-refractivity contribution in [3.8, 4) is 0 Å². The van der Waals surface area contributed by atoms with E-state index in [0.29, 0.717) is 0 Å². The Labute approximate surface area is 64.4 Å². The van der Waals surface area contributed by atoms with Gasteiger partial charge in [-0.25, -0.2) is 0 Å². The number of alkyl halides is 1. The van der Waals surface area contributed by atoms with Crippen molar-refractivity contribution in [2.24, 2.45) is 4.99 Å². The van der Waals surface area contributed by atoms with Gasteiger partial charge in [0.1, 0.15) is 0 Å². The fourth-order valence-corrected chi connectivity index (χ4v) is 0.612. The van der Waals surface area contributed by atoms with Crippen LogP contribution in [-0.2, 0) is 4.74 Å². The first-order chi connectivity index (χ1) is 4.31. The van der Waals surface area contributed by atoms with Crippen molar-refractivity contribution in [3.63, 3.8) is 0 Å². The third kappa shape index (κ3) is 5.83. The van der Waals surface area contributed by atoms with E-state index in [2.05, 4.69) is 20.9 Å². The summed E-state index contributed by atoms with van der Waals surface area (Å²) < 4.78 is 4.83. The number of methoxy groups -OCH3 is 1. The van der Waals surface area contributed by atoms with Crippen LogP contribution in [0.15, 0.2) is 4.99 Å². The number of hydrogen-bond donors (Lipinski definition) is 0. The van der Waals surface area contributed by atoms with E-state index in [9.17, 15) is 0 Å². The summed E-state index contributed by atoms with van der Waals surface area (Å²) in [6.07, 6.45) is 1.07. The number of aliphatic imine (C=N–C) groups is 1. The lowest BCUT2D eigenvalue weighted by molar-refractivity contribution is 0.397. The molecular weight excluding hydrogens is 182 g/mol. The Morgan fingerprint density at radius 3 is 2.78 bits per heavy atom. The molecule has 0 heterocycles. The highest BCUT2D eigenvalue weighted by molar-refractivity contribution is 9.09. The molecule has 0 N–H and O–H groups in total. The van der Waals surface area contributed by atoms with E-state index in [-0.39, 0.29) is 0 Å². The maximum atomic E-state index is 4.83. The minimum Gasteiger partial charge on any atom is -0.484 e. The summed E-state index contributed by atoms with van der Waals surface area (Å²) in [4.78, 5) is 4.10. The summed E-state index contributed by atoms with van der Waals surface area (Å²) in [6, 6.07) is 0. The fourth-order valence-electron chi connectivity index (χ4n) is 0.361. The summed E-state index contributed by atoms with van der Waals surface area (Å²) in [5, 5.41) is 1.01. The first-order valence-corrected chi connectivity index (χ1v) is 4.04. The zero-order chi connectivity index (χ0) is 7.11. The summed E-state index contributed by atoms with van der Waals surface area (Å²) >= 11 is 3.31. The van der Waals surface area contributed by atoms with Crippen molar-refractivity contribution in [3.05, 3.63) is 0 Å². The van der Waals surface area contributed by atoms with Crippen LogP contribution in [0, 0.1) is 0 Å². The van der Waals surface area contributed by atoms with Crippen LogP contribution in [0.1, 0.15) is 13.3 Å². The van der Waals surface area contributed by atoms with Gasteiger partial charge in [0.05, 0.1) is 7.11 Å². The average Bonchev–Trinajstić information content (AvgIpc) is 1.89. The van der Waals surface area contributed by atoms with E-state index in [1.54, 1.807) is 7.11 Å². The molecule has 0 saturated carbocycles. The van der Waals surface area contributed by atoms with Crippen LogP contribution < -0.4 is 0 Å². The largest absolute Gasteiger partial charge is 0.484 e. The Morgan fingerprint density at radius 2 is 2.33 bits per heavy atom. The lowest BCUT2D eigenvalue weighted by Crippen LogP contribution is -1.95. The van der Waals surface area contributed by atoms with Gasteiger partial charge >= 0.3 is 0 Å². The Balaban J connectivity index is 3.21. The SMILES string of the molecule is COC(C)=NCCCBr. The smallest absolute Gasteiger partial charge is 0.179 e. The third-order valence-corrected chi connectivity index (χ3v) is 1.48. The Kier molecular flexibility index (Phi) is 6.04. The first-order valence-electron chi connectivity index (χ1n) is 2.92. The first kappa shape index (κ1) is 8.95. The van der Waals surface area contributed by atoms with Gasteiger partial charge in [0.2, 0.25) is 0 Å². The molecule has 0 aromatic heterocycles. The molecule has 0 fully saturated rings. The quantitative estimate of drug-likeness (QED) is 0.290. The Bertz CT molecular complexity index is 93.1. The number of nitrogens with zero attached hydrogens (tertiary/aromatic N) is 1. The fraction of sp³-hybridized carbons (Fsp3) is 0.833. The predicted octanol–water partition coefficient (Wildman–Crippen LogP) is 1.84. The highest BCUT2D eigenvalue weighted by Crippen LogP contribution is 1.88. The highest BCUT2D eigenvalue weighted by Gasteiger charge is 1.84. The molecule has 0 spiro atoms. The maximum Gasteiger partial charge on any atom is 0.179 e. The average molecular weight is 194 g/mol. The second-order valence-corrected chi connectivity index (χ2v) is 2.44. The van der Waals surface area contributed by atoms with Crippen LogP contribution >= 0.6 is 15.9 Å². The molecule has 0 aromatic carbocycles. The second-order valence-electron chi connectivity index (χ2n) is 1.65. The number of halogens is 1. The predicted molar refractivity (Wildman–Crippen MR) is 43.4 cm³/mol. The third-order valence-electron chi connectivity index (χ3n) is 0.922. The number of ether oxygens (including phenoxy) is 1. The number of rotatable bonds is 3. The number of hydrogen-bond acceptors (Lipinski definition) is 2. The molecule has 0 bridgehead atoms. The van der Waals surface area contributed by atoms with Crippen LogP contribution in [0.3, 0.4) is 0 Å². The Hall–Kier alpha value is -0.0500. The molecule has 0 saturated heterocycles. The molecule has 0 atom stereocenters. The van der Waals surface area contributed by atoms with Gasteiger partial charge in [0, 0.05) is 18.8 Å². The molecule has 0 aromatic rings. The van der Waals surface area contributed by atoms with E-state index >= 15 is 0 Å². The molecule has 2 nitrogen and oxygen atoms in total. The van der Waals surface area contributed by atoms with E-state index in [1.165, 1.54) is 0 Å². The van der Waals surface area contributed by atoms with Gasteiger partial charge in [-0.05, 0) is 6.42 Å². The molecule has 0 aliphatic rings. The van der Waals surface area contributed by atoms with Crippen molar-refractivity contribution in [1.82, 2.24) is 0 Å². The van der Waals surface area contributed by atoms with Crippen molar-refractivity contribution in [1.29, 1.82) is 0 Å². The minimum atomic E-state index is 0.760. The van der Waals surface area contributed by atoms with Gasteiger partial charge in [-0.3, -0.25) is 4.99 Å². The van der Waals surface area contributed by atoms with Gasteiger partial charge < -0.3 is 4.74 Å². The van der Waals surface area contributed by atoms with Crippen molar-refractivity contribution in [2.45, 2.75) is 13.3 Å². The summed E-state index contributed by atoms with van der Waals surface area (Å²) in [5.74, 6) is 0.760. The summed E-state index contributed by atoms with van der Waals surface area (Å²) in [7, 11) is 1.63. The molecule has 3 heteroatoms. The van der Waals surface area contributed by atoms with E-state index in [1.807, 2.05) is 6.92 Å². The van der Waals surface area contributed by atoms with Crippen LogP contribution in [0.4, 0.5) is 0 Å². The topological polar surface area (TPSA) is 21.6 Å². The molecule has 0 unspecified atom stereocenters. The van der Waals surface area contributed by atoms with Crippen molar-refractivity contribution < 1.29 is 4.74 Å². The van der Waals surface area contributed by atoms with Crippen molar-refractivity contribution >= 4 is 21.8 Å². The zero-order valence-electron chi connectivity index (χ0n) is 5.85. The van der Waals surface area contributed by atoms with Crippen LogP contribution in [0.25, 0.3) is 0 Å². The molecule has 0 amide bonds. The monoisotopic (exact) mass is 193 g/mol. The molecule has 0 rings (SSSR count). The minimum absolute atomic E-state index is 0.760. The van der Waals surface area contributed by atoms with Crippen molar-refractivity contribution in [2.75, 3.05) is 19.0 Å². The van der Waals surface area contributed by atoms with E-state index in [4.69, 9.17) is 4.74 Å². The molecule has 54 valence electrons. The van der Waals surface area contributed by atoms with E-state index in [0.717, 1.165) is 24.2 Å². The molecule has 0 aliphatic heterocycles. The van der Waals surface area contributed by atoms with E-state index < -0.39 is 0 Å². The molecule has 0 radical (unpaired) electrons. The lowest BCUT2D eigenvalue weighted by atomic mass is 10.5. The van der Waals surface area contributed by atoms with Gasteiger partial charge in [0.15, 0.2) is 5.90 Å². The van der Waals surface area contributed by atoms with Gasteiger partial charge in [-0.2, -0.15) is 0 Å².